The van der Waals surface area contributed by atoms with Crippen molar-refractivity contribution in [2.75, 3.05) is 13.2 Å². The molecule has 0 atom stereocenters. The van der Waals surface area contributed by atoms with Gasteiger partial charge < -0.3 is 9.47 Å². The van der Waals surface area contributed by atoms with Crippen LogP contribution in [0.5, 0.6) is 11.5 Å². The van der Waals surface area contributed by atoms with Crippen LogP contribution >= 0.6 is 0 Å². The molecule has 4 aromatic carbocycles. The van der Waals surface area contributed by atoms with Gasteiger partial charge in [-0.1, -0.05) is 44.7 Å². The van der Waals surface area contributed by atoms with E-state index in [1.165, 1.54) is 25.7 Å². The zero-order valence-electron chi connectivity index (χ0n) is 24.2. The van der Waals surface area contributed by atoms with E-state index in [1.54, 1.807) is 36.4 Å². The fourth-order valence-corrected chi connectivity index (χ4v) is 6.61. The lowest BCUT2D eigenvalue weighted by atomic mass is 9.75. The first-order chi connectivity index (χ1) is 21.2. The van der Waals surface area contributed by atoms with Crippen molar-refractivity contribution in [1.82, 2.24) is 0 Å². The Morgan fingerprint density at radius 3 is 1.39 bits per heavy atom. The molecule has 6 rings (SSSR count). The lowest BCUT2D eigenvalue weighted by Crippen LogP contribution is -2.30. The molecular formula is C36H32F6O2. The maximum atomic E-state index is 14.1. The van der Waals surface area contributed by atoms with Crippen molar-refractivity contribution in [2.45, 2.75) is 45.4 Å². The number of halogens is 6. The van der Waals surface area contributed by atoms with Crippen LogP contribution in [-0.4, -0.2) is 13.2 Å². The zero-order chi connectivity index (χ0) is 31.0. The third kappa shape index (κ3) is 6.04. The Morgan fingerprint density at radius 1 is 0.545 bits per heavy atom. The summed E-state index contributed by atoms with van der Waals surface area (Å²) >= 11 is 0. The molecule has 0 saturated heterocycles. The molecule has 0 N–H and O–H groups in total. The Bertz CT molecular complexity index is 1520. The van der Waals surface area contributed by atoms with Gasteiger partial charge in [0.15, 0.2) is 34.9 Å². The predicted octanol–water partition coefficient (Wildman–Crippen LogP) is 10.5. The Hall–Kier alpha value is -3.94. The first-order valence-corrected chi connectivity index (χ1v) is 15.1. The van der Waals surface area contributed by atoms with Crippen LogP contribution in [0.15, 0.2) is 60.7 Å². The Kier molecular flexibility index (Phi) is 8.61. The van der Waals surface area contributed by atoms with Crippen molar-refractivity contribution in [3.8, 4) is 44.9 Å². The van der Waals surface area contributed by atoms with E-state index in [1.807, 2.05) is 0 Å². The largest absolute Gasteiger partial charge is 0.493 e. The van der Waals surface area contributed by atoms with Gasteiger partial charge in [-0.2, -0.15) is 0 Å². The Morgan fingerprint density at radius 2 is 0.977 bits per heavy atom. The molecule has 0 spiro atoms. The lowest BCUT2D eigenvalue weighted by Gasteiger charge is -2.33. The Balaban J connectivity index is 1.43. The molecule has 0 amide bonds. The third-order valence-electron chi connectivity index (χ3n) is 9.04. The van der Waals surface area contributed by atoms with Crippen LogP contribution < -0.4 is 9.47 Å². The number of fused-ring (bicyclic) bond motifs is 3. The summed E-state index contributed by atoms with van der Waals surface area (Å²) in [4.78, 5) is 0. The smallest absolute Gasteiger partial charge is 0.194 e. The summed E-state index contributed by atoms with van der Waals surface area (Å²) in [5.74, 6) is -6.14. The summed E-state index contributed by atoms with van der Waals surface area (Å²) in [5.41, 5.74) is 2.05. The van der Waals surface area contributed by atoms with Gasteiger partial charge in [0.05, 0.1) is 13.2 Å². The summed E-state index contributed by atoms with van der Waals surface area (Å²) < 4.78 is 96.8. The van der Waals surface area contributed by atoms with Crippen LogP contribution in [0.1, 0.15) is 45.4 Å². The normalized spacial score (nSPS) is 18.7. The molecule has 1 saturated carbocycles. The molecule has 1 fully saturated rings. The number of rotatable bonds is 5. The Labute approximate surface area is 252 Å². The van der Waals surface area contributed by atoms with Crippen molar-refractivity contribution in [1.29, 1.82) is 0 Å². The van der Waals surface area contributed by atoms with Gasteiger partial charge in [0.1, 0.15) is 11.5 Å². The van der Waals surface area contributed by atoms with Gasteiger partial charge in [0, 0.05) is 17.0 Å². The van der Waals surface area contributed by atoms with Crippen LogP contribution in [0.25, 0.3) is 33.4 Å². The molecule has 2 nitrogen and oxygen atoms in total. The van der Waals surface area contributed by atoms with Crippen molar-refractivity contribution in [3.05, 3.63) is 95.6 Å². The van der Waals surface area contributed by atoms with Crippen LogP contribution in [0.3, 0.4) is 0 Å². The summed E-state index contributed by atoms with van der Waals surface area (Å²) in [6, 6.07) is 13.7. The van der Waals surface area contributed by atoms with Gasteiger partial charge in [-0.15, -0.1) is 0 Å². The molecule has 0 aromatic heterocycles. The van der Waals surface area contributed by atoms with E-state index in [9.17, 15) is 26.3 Å². The van der Waals surface area contributed by atoms with Gasteiger partial charge >= 0.3 is 0 Å². The standard InChI is InChI=1S/C36H32F6O2/c1-2-3-20-4-6-21(7-5-20)26-18-43-33-10-8-22(24-14-29(37)35(41)30(38)15-24)12-27(33)28-13-23(9-11-34(28)44-19-26)25-16-31(39)36(42)32(40)17-25/h8-17,20-21,26H,2-7,18-19H2,1H3. The molecule has 4 aromatic rings. The predicted molar refractivity (Wildman–Crippen MR) is 157 cm³/mol. The molecule has 230 valence electrons. The second kappa shape index (κ2) is 12.6. The van der Waals surface area contributed by atoms with E-state index in [2.05, 4.69) is 6.92 Å². The van der Waals surface area contributed by atoms with Gasteiger partial charge in [-0.25, -0.2) is 26.3 Å². The molecule has 2 aliphatic rings. The highest BCUT2D eigenvalue weighted by Gasteiger charge is 2.30. The highest BCUT2D eigenvalue weighted by atomic mass is 19.2. The zero-order valence-corrected chi connectivity index (χ0v) is 24.2. The molecular weight excluding hydrogens is 578 g/mol. The number of ether oxygens (including phenoxy) is 2. The average Bonchev–Trinajstić information content (AvgIpc) is 3.10. The molecule has 1 heterocycles. The molecule has 0 bridgehead atoms. The third-order valence-corrected chi connectivity index (χ3v) is 9.04. The molecule has 8 heteroatoms. The van der Waals surface area contributed by atoms with E-state index >= 15 is 0 Å². The van der Waals surface area contributed by atoms with Gasteiger partial charge in [0.25, 0.3) is 0 Å². The first kappa shape index (κ1) is 30.1. The number of benzene rings is 4. The maximum absolute atomic E-state index is 14.1. The molecule has 0 radical (unpaired) electrons. The number of hydrogen-bond acceptors (Lipinski definition) is 2. The fourth-order valence-electron chi connectivity index (χ4n) is 6.61. The maximum Gasteiger partial charge on any atom is 0.194 e. The SMILES string of the molecule is CCCC1CCC(C2COc3ccc(-c4cc(F)c(F)c(F)c4)cc3-c3cc(-c4cc(F)c(F)c(F)c4)ccc3OC2)CC1. The lowest BCUT2D eigenvalue weighted by molar-refractivity contribution is 0.0982. The van der Waals surface area contributed by atoms with E-state index in [4.69, 9.17) is 9.47 Å². The van der Waals surface area contributed by atoms with Crippen LogP contribution in [0.4, 0.5) is 26.3 Å². The molecule has 0 unspecified atom stereocenters. The minimum Gasteiger partial charge on any atom is -0.493 e. The van der Waals surface area contributed by atoms with E-state index in [0.29, 0.717) is 52.9 Å². The van der Waals surface area contributed by atoms with Crippen LogP contribution in [0, 0.1) is 52.7 Å². The van der Waals surface area contributed by atoms with Crippen molar-refractivity contribution < 1.29 is 35.8 Å². The topological polar surface area (TPSA) is 18.5 Å². The van der Waals surface area contributed by atoms with Gasteiger partial charge in [-0.05, 0) is 95.5 Å². The summed E-state index contributed by atoms with van der Waals surface area (Å²) in [5, 5.41) is 0. The summed E-state index contributed by atoms with van der Waals surface area (Å²) in [7, 11) is 0. The average molecular weight is 611 g/mol. The van der Waals surface area contributed by atoms with Crippen LogP contribution in [-0.2, 0) is 0 Å². The molecule has 44 heavy (non-hydrogen) atoms. The van der Waals surface area contributed by atoms with Crippen molar-refractivity contribution in [3.63, 3.8) is 0 Å². The van der Waals surface area contributed by atoms with Crippen molar-refractivity contribution >= 4 is 0 Å². The summed E-state index contributed by atoms with van der Waals surface area (Å²) in [6.45, 7) is 3.00. The van der Waals surface area contributed by atoms with E-state index in [0.717, 1.165) is 43.0 Å². The first-order valence-electron chi connectivity index (χ1n) is 15.1. The van der Waals surface area contributed by atoms with Crippen molar-refractivity contribution in [2.24, 2.45) is 17.8 Å². The van der Waals surface area contributed by atoms with Gasteiger partial charge in [-0.3, -0.25) is 0 Å². The second-order valence-corrected chi connectivity index (χ2v) is 11.9. The molecule has 1 aliphatic carbocycles. The fraction of sp³-hybridized carbons (Fsp3) is 0.333. The van der Waals surface area contributed by atoms with E-state index in [-0.39, 0.29) is 17.0 Å². The minimum atomic E-state index is -1.56. The highest BCUT2D eigenvalue weighted by Crippen LogP contribution is 2.44. The summed E-state index contributed by atoms with van der Waals surface area (Å²) in [6.07, 6.45) is 6.93. The quantitative estimate of drug-likeness (QED) is 0.165. The van der Waals surface area contributed by atoms with E-state index < -0.39 is 34.9 Å². The minimum absolute atomic E-state index is 0.108. The molecule has 1 aliphatic heterocycles. The second-order valence-electron chi connectivity index (χ2n) is 11.9. The number of hydrogen-bond donors (Lipinski definition) is 0. The highest BCUT2D eigenvalue weighted by molar-refractivity contribution is 5.84. The van der Waals surface area contributed by atoms with Crippen LogP contribution in [0.2, 0.25) is 0 Å². The van der Waals surface area contributed by atoms with Gasteiger partial charge in [0.2, 0.25) is 0 Å². The monoisotopic (exact) mass is 610 g/mol.